The number of halogens is 1. The lowest BCUT2D eigenvalue weighted by atomic mass is 10.4. The zero-order chi connectivity index (χ0) is 10.1. The van der Waals surface area contributed by atoms with Gasteiger partial charge in [-0.3, -0.25) is 4.79 Å². The number of carbonyl (C=O) groups is 1. The Hall–Kier alpha value is -0.810. The quantitative estimate of drug-likeness (QED) is 0.581. The van der Waals surface area contributed by atoms with Crippen LogP contribution in [0.2, 0.25) is 5.28 Å². The van der Waals surface area contributed by atoms with Gasteiger partial charge in [0.1, 0.15) is 0 Å². The first kappa shape index (κ1) is 9.73. The van der Waals surface area contributed by atoms with Crippen molar-refractivity contribution in [1.29, 1.82) is 0 Å². The Labute approximate surface area is 91.7 Å². The lowest BCUT2D eigenvalue weighted by Crippen LogP contribution is -2.24. The van der Waals surface area contributed by atoms with Gasteiger partial charge in [0.05, 0.1) is 18.1 Å². The second kappa shape index (κ2) is 3.74. The van der Waals surface area contributed by atoms with Crippen molar-refractivity contribution in [2.24, 2.45) is 0 Å². The molecule has 0 spiro atoms. The third kappa shape index (κ3) is 1.83. The topological polar surface area (TPSA) is 46.1 Å². The Morgan fingerprint density at radius 3 is 2.64 bits per heavy atom. The van der Waals surface area contributed by atoms with E-state index in [1.807, 2.05) is 0 Å². The van der Waals surface area contributed by atoms with E-state index in [2.05, 4.69) is 22.6 Å². The van der Waals surface area contributed by atoms with Crippen molar-refractivity contribution in [3.8, 4) is 0 Å². The van der Waals surface area contributed by atoms with E-state index in [4.69, 9.17) is 11.6 Å². The molecule has 1 aromatic heterocycles. The molecule has 0 bridgehead atoms. The fraction of sp³-hybridized carbons (Fsp3) is 0.375. The monoisotopic (exact) mass is 229 g/mol. The molecular formula is C8H8ClN3OS. The molecule has 1 atom stereocenters. The molecule has 1 amide bonds. The highest BCUT2D eigenvalue weighted by Gasteiger charge is 2.28. The SMILES string of the molecule is O=C1CC(S)CN1c1cnc(Cl)nc1. The summed E-state index contributed by atoms with van der Waals surface area (Å²) >= 11 is 9.79. The minimum Gasteiger partial charge on any atom is -0.308 e. The van der Waals surface area contributed by atoms with E-state index in [0.717, 1.165) is 0 Å². The third-order valence-electron chi connectivity index (χ3n) is 2.02. The number of amides is 1. The van der Waals surface area contributed by atoms with Crippen molar-refractivity contribution in [3.63, 3.8) is 0 Å². The number of hydrogen-bond donors (Lipinski definition) is 1. The predicted octanol–water partition coefficient (Wildman–Crippen LogP) is 1.17. The summed E-state index contributed by atoms with van der Waals surface area (Å²) in [5.74, 6) is 0.0518. The summed E-state index contributed by atoms with van der Waals surface area (Å²) in [4.78, 5) is 20.7. The van der Waals surface area contributed by atoms with Crippen molar-refractivity contribution in [3.05, 3.63) is 17.7 Å². The number of hydrogen-bond acceptors (Lipinski definition) is 4. The van der Waals surface area contributed by atoms with Gasteiger partial charge in [0.15, 0.2) is 0 Å². The second-order valence-electron chi connectivity index (χ2n) is 3.07. The van der Waals surface area contributed by atoms with Crippen molar-refractivity contribution < 1.29 is 4.79 Å². The van der Waals surface area contributed by atoms with Crippen LogP contribution in [0.25, 0.3) is 0 Å². The van der Waals surface area contributed by atoms with Crippen molar-refractivity contribution in [1.82, 2.24) is 9.97 Å². The van der Waals surface area contributed by atoms with Crippen LogP contribution in [0, 0.1) is 0 Å². The summed E-state index contributed by atoms with van der Waals surface area (Å²) in [6, 6.07) is 0. The average molecular weight is 230 g/mol. The summed E-state index contributed by atoms with van der Waals surface area (Å²) in [6.45, 7) is 0.604. The van der Waals surface area contributed by atoms with Gasteiger partial charge in [0, 0.05) is 18.2 Å². The Balaban J connectivity index is 2.23. The van der Waals surface area contributed by atoms with Gasteiger partial charge < -0.3 is 4.90 Å². The highest BCUT2D eigenvalue weighted by molar-refractivity contribution is 7.81. The molecule has 1 unspecified atom stereocenters. The molecule has 1 aromatic rings. The first-order valence-corrected chi connectivity index (χ1v) is 5.02. The van der Waals surface area contributed by atoms with Gasteiger partial charge in [-0.25, -0.2) is 9.97 Å². The Bertz CT molecular complexity index is 356. The van der Waals surface area contributed by atoms with Crippen LogP contribution in [0.1, 0.15) is 6.42 Å². The molecule has 74 valence electrons. The van der Waals surface area contributed by atoms with Crippen LogP contribution >= 0.6 is 24.2 Å². The smallest absolute Gasteiger partial charge is 0.228 e. The van der Waals surface area contributed by atoms with E-state index in [-0.39, 0.29) is 16.4 Å². The molecule has 2 rings (SSSR count). The molecular weight excluding hydrogens is 222 g/mol. The third-order valence-corrected chi connectivity index (χ3v) is 2.56. The van der Waals surface area contributed by atoms with Crippen molar-refractivity contribution in [2.45, 2.75) is 11.7 Å². The van der Waals surface area contributed by atoms with Crippen LogP contribution in [-0.4, -0.2) is 27.7 Å². The van der Waals surface area contributed by atoms with E-state index in [9.17, 15) is 4.79 Å². The summed E-state index contributed by atoms with van der Waals surface area (Å²) in [7, 11) is 0. The van der Waals surface area contributed by atoms with Gasteiger partial charge in [0.25, 0.3) is 0 Å². The van der Waals surface area contributed by atoms with Gasteiger partial charge >= 0.3 is 0 Å². The highest BCUT2D eigenvalue weighted by Crippen LogP contribution is 2.22. The maximum atomic E-state index is 11.5. The molecule has 1 aliphatic heterocycles. The van der Waals surface area contributed by atoms with Gasteiger partial charge in [0.2, 0.25) is 11.2 Å². The molecule has 1 aliphatic rings. The molecule has 2 heterocycles. The van der Waals surface area contributed by atoms with E-state index in [0.29, 0.717) is 18.7 Å². The van der Waals surface area contributed by atoms with Gasteiger partial charge in [-0.05, 0) is 11.6 Å². The Kier molecular flexibility index (Phi) is 2.60. The minimum absolute atomic E-state index is 0.0518. The maximum absolute atomic E-state index is 11.5. The predicted molar refractivity (Wildman–Crippen MR) is 56.8 cm³/mol. The largest absolute Gasteiger partial charge is 0.308 e. The first-order chi connectivity index (χ1) is 6.66. The fourth-order valence-electron chi connectivity index (χ4n) is 1.38. The molecule has 1 saturated heterocycles. The molecule has 0 N–H and O–H groups in total. The lowest BCUT2D eigenvalue weighted by molar-refractivity contribution is -0.117. The number of carbonyl (C=O) groups excluding carboxylic acids is 1. The molecule has 0 aliphatic carbocycles. The molecule has 4 nitrogen and oxygen atoms in total. The normalized spacial score (nSPS) is 21.7. The van der Waals surface area contributed by atoms with Gasteiger partial charge in [-0.15, -0.1) is 0 Å². The van der Waals surface area contributed by atoms with Crippen LogP contribution in [-0.2, 0) is 4.79 Å². The minimum atomic E-state index is 0.0518. The van der Waals surface area contributed by atoms with Crippen LogP contribution < -0.4 is 4.90 Å². The molecule has 14 heavy (non-hydrogen) atoms. The van der Waals surface area contributed by atoms with E-state index in [1.165, 1.54) is 0 Å². The average Bonchev–Trinajstić information content (AvgIpc) is 2.47. The van der Waals surface area contributed by atoms with E-state index < -0.39 is 0 Å². The Morgan fingerprint density at radius 1 is 1.50 bits per heavy atom. The summed E-state index contributed by atoms with van der Waals surface area (Å²) < 4.78 is 0. The molecule has 0 aromatic carbocycles. The van der Waals surface area contributed by atoms with Crippen LogP contribution in [0.4, 0.5) is 5.69 Å². The van der Waals surface area contributed by atoms with E-state index in [1.54, 1.807) is 17.3 Å². The first-order valence-electron chi connectivity index (χ1n) is 4.13. The number of aromatic nitrogens is 2. The van der Waals surface area contributed by atoms with Crippen molar-refractivity contribution in [2.75, 3.05) is 11.4 Å². The fourth-order valence-corrected chi connectivity index (χ4v) is 1.80. The number of anilines is 1. The second-order valence-corrected chi connectivity index (χ2v) is 4.14. The van der Waals surface area contributed by atoms with Crippen LogP contribution in [0.15, 0.2) is 12.4 Å². The highest BCUT2D eigenvalue weighted by atomic mass is 35.5. The van der Waals surface area contributed by atoms with Gasteiger partial charge in [-0.2, -0.15) is 12.6 Å². The number of nitrogens with zero attached hydrogens (tertiary/aromatic N) is 3. The van der Waals surface area contributed by atoms with E-state index >= 15 is 0 Å². The van der Waals surface area contributed by atoms with Crippen LogP contribution in [0.3, 0.4) is 0 Å². The summed E-state index contributed by atoms with van der Waals surface area (Å²) in [5.41, 5.74) is 0.677. The van der Waals surface area contributed by atoms with Crippen LogP contribution in [0.5, 0.6) is 0 Å². The zero-order valence-corrected chi connectivity index (χ0v) is 8.87. The molecule has 1 fully saturated rings. The maximum Gasteiger partial charge on any atom is 0.228 e. The molecule has 0 saturated carbocycles. The molecule has 6 heteroatoms. The summed E-state index contributed by atoms with van der Waals surface area (Å²) in [5, 5.41) is 0.279. The number of thiol groups is 1. The number of rotatable bonds is 1. The van der Waals surface area contributed by atoms with Gasteiger partial charge in [-0.1, -0.05) is 0 Å². The lowest BCUT2D eigenvalue weighted by Gasteiger charge is -2.14. The van der Waals surface area contributed by atoms with Crippen molar-refractivity contribution >= 4 is 35.8 Å². The Morgan fingerprint density at radius 2 is 2.14 bits per heavy atom. The standard InChI is InChI=1S/C8H8ClN3OS/c9-8-10-2-5(3-11-8)12-4-6(14)1-7(12)13/h2-3,6,14H,1,4H2. The molecule has 0 radical (unpaired) electrons. The summed E-state index contributed by atoms with van der Waals surface area (Å²) in [6.07, 6.45) is 3.55. The zero-order valence-electron chi connectivity index (χ0n) is 7.22.